The molecule has 0 bridgehead atoms. The molecule has 0 fully saturated rings. The fourth-order valence-electron chi connectivity index (χ4n) is 2.28. The van der Waals surface area contributed by atoms with Crippen LogP contribution in [0.5, 0.6) is 0 Å². The van der Waals surface area contributed by atoms with Crippen LogP contribution in [0.1, 0.15) is 5.56 Å². The molecule has 0 spiro atoms. The second-order valence-electron chi connectivity index (χ2n) is 4.85. The Morgan fingerprint density at radius 3 is 2.86 bits per heavy atom. The molecule has 0 radical (unpaired) electrons. The van der Waals surface area contributed by atoms with E-state index < -0.39 is 0 Å². The van der Waals surface area contributed by atoms with Crippen LogP contribution in [-0.4, -0.2) is 29.9 Å². The third-order valence-corrected chi connectivity index (χ3v) is 3.41. The van der Waals surface area contributed by atoms with Gasteiger partial charge in [0.25, 0.3) is 0 Å². The van der Waals surface area contributed by atoms with Gasteiger partial charge in [0.05, 0.1) is 29.9 Å². The van der Waals surface area contributed by atoms with Crippen molar-refractivity contribution in [3.05, 3.63) is 60.4 Å². The number of rotatable bonds is 3. The Bertz CT molecular complexity index is 928. The van der Waals surface area contributed by atoms with E-state index in [2.05, 4.69) is 25.3 Å². The molecule has 0 amide bonds. The largest absolute Gasteiger partial charge is 0.285 e. The van der Waals surface area contributed by atoms with Crippen LogP contribution in [0, 0.1) is 5.82 Å². The molecule has 22 heavy (non-hydrogen) atoms. The lowest BCUT2D eigenvalue weighted by molar-refractivity contribution is 0.589. The number of halogens is 1. The van der Waals surface area contributed by atoms with Gasteiger partial charge in [-0.1, -0.05) is 18.2 Å². The first-order valence-corrected chi connectivity index (χ1v) is 6.72. The van der Waals surface area contributed by atoms with E-state index >= 15 is 0 Å². The van der Waals surface area contributed by atoms with Crippen molar-refractivity contribution in [1.29, 1.82) is 0 Å². The molecule has 3 heterocycles. The highest BCUT2D eigenvalue weighted by atomic mass is 19.1. The van der Waals surface area contributed by atoms with Gasteiger partial charge in [0.1, 0.15) is 5.82 Å². The van der Waals surface area contributed by atoms with E-state index in [1.165, 1.54) is 6.07 Å². The van der Waals surface area contributed by atoms with Crippen molar-refractivity contribution in [3.8, 4) is 11.4 Å². The topological polar surface area (TPSA) is 72.3 Å². The normalized spacial score (nSPS) is 11.1. The summed E-state index contributed by atoms with van der Waals surface area (Å²) in [4.78, 5) is 8.80. The van der Waals surface area contributed by atoms with E-state index in [-0.39, 0.29) is 5.82 Å². The van der Waals surface area contributed by atoms with Crippen LogP contribution < -0.4 is 0 Å². The Kier molecular flexibility index (Phi) is 2.89. The van der Waals surface area contributed by atoms with Crippen LogP contribution in [0.4, 0.5) is 4.39 Å². The molecule has 0 saturated carbocycles. The zero-order valence-corrected chi connectivity index (χ0v) is 11.4. The summed E-state index contributed by atoms with van der Waals surface area (Å²) >= 11 is 0. The minimum absolute atomic E-state index is 0.254. The first-order valence-electron chi connectivity index (χ1n) is 6.72. The highest BCUT2D eigenvalue weighted by molar-refractivity contribution is 5.75. The quantitative estimate of drug-likeness (QED) is 0.630. The molecule has 0 aliphatic carbocycles. The fraction of sp³-hybridized carbons (Fsp3) is 0.0667. The number of H-pyrrole nitrogens is 1. The molecule has 3 aromatic heterocycles. The van der Waals surface area contributed by atoms with E-state index in [4.69, 9.17) is 0 Å². The summed E-state index contributed by atoms with van der Waals surface area (Å²) in [6.45, 7) is 0.317. The smallest absolute Gasteiger partial charge is 0.164 e. The van der Waals surface area contributed by atoms with Gasteiger partial charge in [-0.3, -0.25) is 5.10 Å². The Morgan fingerprint density at radius 2 is 2.05 bits per heavy atom. The monoisotopic (exact) mass is 294 g/mol. The van der Waals surface area contributed by atoms with Crippen LogP contribution in [0.15, 0.2) is 49.1 Å². The molecule has 6 nitrogen and oxygen atoms in total. The molecule has 108 valence electrons. The molecule has 4 aromatic rings. The molecule has 0 unspecified atom stereocenters. The number of hydrogen-bond donors (Lipinski definition) is 1. The lowest BCUT2D eigenvalue weighted by atomic mass is 10.2. The van der Waals surface area contributed by atoms with E-state index in [9.17, 15) is 4.39 Å². The summed E-state index contributed by atoms with van der Waals surface area (Å²) in [5.41, 5.74) is 2.02. The average molecular weight is 294 g/mol. The second-order valence-corrected chi connectivity index (χ2v) is 4.85. The summed E-state index contributed by atoms with van der Waals surface area (Å²) in [7, 11) is 0. The summed E-state index contributed by atoms with van der Waals surface area (Å²) in [6, 6.07) is 6.64. The minimum atomic E-state index is -0.254. The standard InChI is InChI=1S/C15H11FN6/c16-13-4-2-1-3-10(13)9-22-15-12(8-20-22)5-17-14(21-15)11-6-18-19-7-11/h1-8H,9H2,(H,18,19). The summed E-state index contributed by atoms with van der Waals surface area (Å²) in [5, 5.41) is 11.7. The van der Waals surface area contributed by atoms with Gasteiger partial charge in [0.15, 0.2) is 11.5 Å². The molecular formula is C15H11FN6. The van der Waals surface area contributed by atoms with Crippen molar-refractivity contribution in [2.45, 2.75) is 6.54 Å². The van der Waals surface area contributed by atoms with Gasteiger partial charge in [-0.15, -0.1) is 0 Å². The predicted octanol–water partition coefficient (Wildman–Crippen LogP) is 2.40. The molecule has 1 aromatic carbocycles. The molecule has 0 saturated heterocycles. The van der Waals surface area contributed by atoms with Crippen molar-refractivity contribution < 1.29 is 4.39 Å². The SMILES string of the molecule is Fc1ccccc1Cn1ncc2cnc(-c3cn[nH]c3)nc21. The Balaban J connectivity index is 1.78. The number of benzene rings is 1. The lowest BCUT2D eigenvalue weighted by Crippen LogP contribution is -2.05. The summed E-state index contributed by atoms with van der Waals surface area (Å²) in [6.07, 6.45) is 6.75. The maximum atomic E-state index is 13.8. The number of nitrogens with one attached hydrogen (secondary N) is 1. The van der Waals surface area contributed by atoms with Crippen molar-refractivity contribution >= 4 is 11.0 Å². The predicted molar refractivity (Wildman–Crippen MR) is 78.4 cm³/mol. The molecule has 0 atom stereocenters. The highest BCUT2D eigenvalue weighted by Gasteiger charge is 2.10. The first kappa shape index (κ1) is 12.6. The van der Waals surface area contributed by atoms with Crippen LogP contribution in [0.3, 0.4) is 0 Å². The van der Waals surface area contributed by atoms with Crippen molar-refractivity contribution in [2.24, 2.45) is 0 Å². The highest BCUT2D eigenvalue weighted by Crippen LogP contribution is 2.18. The summed E-state index contributed by atoms with van der Waals surface area (Å²) in [5.74, 6) is 0.298. The van der Waals surface area contributed by atoms with Gasteiger partial charge in [0, 0.05) is 18.0 Å². The van der Waals surface area contributed by atoms with E-state index in [0.29, 0.717) is 23.6 Å². The molecule has 4 rings (SSSR count). The van der Waals surface area contributed by atoms with Crippen molar-refractivity contribution in [3.63, 3.8) is 0 Å². The third-order valence-electron chi connectivity index (χ3n) is 3.41. The van der Waals surface area contributed by atoms with Crippen LogP contribution >= 0.6 is 0 Å². The Labute approximate surface area is 124 Å². The average Bonchev–Trinajstić information content (AvgIpc) is 3.19. The minimum Gasteiger partial charge on any atom is -0.285 e. The number of aromatic amines is 1. The molecule has 0 aliphatic rings. The zero-order chi connectivity index (χ0) is 14.9. The maximum absolute atomic E-state index is 13.8. The van der Waals surface area contributed by atoms with Gasteiger partial charge >= 0.3 is 0 Å². The lowest BCUT2D eigenvalue weighted by Gasteiger charge is -2.05. The molecule has 0 aliphatic heterocycles. The van der Waals surface area contributed by atoms with Crippen LogP contribution in [-0.2, 0) is 6.54 Å². The van der Waals surface area contributed by atoms with Gasteiger partial charge in [-0.05, 0) is 6.07 Å². The van der Waals surface area contributed by atoms with Gasteiger partial charge in [-0.25, -0.2) is 19.0 Å². The van der Waals surface area contributed by atoms with Gasteiger partial charge in [-0.2, -0.15) is 10.2 Å². The molecular weight excluding hydrogens is 283 g/mol. The van der Waals surface area contributed by atoms with Gasteiger partial charge in [0.2, 0.25) is 0 Å². The van der Waals surface area contributed by atoms with E-state index in [1.807, 2.05) is 0 Å². The van der Waals surface area contributed by atoms with E-state index in [0.717, 1.165) is 10.9 Å². The first-order chi connectivity index (χ1) is 10.8. The summed E-state index contributed by atoms with van der Waals surface area (Å²) < 4.78 is 15.5. The number of aromatic nitrogens is 6. The van der Waals surface area contributed by atoms with Crippen LogP contribution in [0.25, 0.3) is 22.4 Å². The van der Waals surface area contributed by atoms with Crippen molar-refractivity contribution in [1.82, 2.24) is 29.9 Å². The zero-order valence-electron chi connectivity index (χ0n) is 11.4. The number of fused-ring (bicyclic) bond motifs is 1. The molecule has 1 N–H and O–H groups in total. The fourth-order valence-corrected chi connectivity index (χ4v) is 2.28. The third kappa shape index (κ3) is 2.12. The number of hydrogen-bond acceptors (Lipinski definition) is 4. The second kappa shape index (κ2) is 5.03. The molecule has 7 heteroatoms. The van der Waals surface area contributed by atoms with E-state index in [1.54, 1.807) is 47.7 Å². The van der Waals surface area contributed by atoms with Gasteiger partial charge < -0.3 is 0 Å². The Hall–Kier alpha value is -3.09. The maximum Gasteiger partial charge on any atom is 0.164 e. The van der Waals surface area contributed by atoms with Crippen molar-refractivity contribution in [2.75, 3.05) is 0 Å². The Morgan fingerprint density at radius 1 is 1.14 bits per heavy atom. The van der Waals surface area contributed by atoms with Crippen LogP contribution in [0.2, 0.25) is 0 Å². The number of nitrogens with zero attached hydrogens (tertiary/aromatic N) is 5.